The maximum atomic E-state index is 6.00. The molecule has 0 amide bonds. The summed E-state index contributed by atoms with van der Waals surface area (Å²) in [5.41, 5.74) is 6.78. The van der Waals surface area contributed by atoms with Gasteiger partial charge in [-0.05, 0) is 49.2 Å². The van der Waals surface area contributed by atoms with Crippen LogP contribution in [-0.2, 0) is 15.9 Å². The summed E-state index contributed by atoms with van der Waals surface area (Å²) in [6.45, 7) is 8.57. The second-order valence-corrected chi connectivity index (χ2v) is 6.27. The fourth-order valence-electron chi connectivity index (χ4n) is 1.76. The molecule has 1 aromatic rings. The van der Waals surface area contributed by atoms with E-state index in [-0.39, 0.29) is 11.2 Å². The Kier molecular flexibility index (Phi) is 3.57. The van der Waals surface area contributed by atoms with E-state index in [4.69, 9.17) is 15.0 Å². The molecule has 18 heavy (non-hydrogen) atoms. The van der Waals surface area contributed by atoms with Crippen molar-refractivity contribution < 1.29 is 9.31 Å². The van der Waals surface area contributed by atoms with Crippen molar-refractivity contribution in [3.8, 4) is 0 Å². The molecule has 98 valence electrons. The Morgan fingerprint density at radius 1 is 1.28 bits per heavy atom. The third-order valence-corrected chi connectivity index (χ3v) is 4.33. The van der Waals surface area contributed by atoms with Crippen molar-refractivity contribution in [1.29, 1.82) is 0 Å². The van der Waals surface area contributed by atoms with E-state index in [1.54, 1.807) is 6.20 Å². The first-order valence-electron chi connectivity index (χ1n) is 5.97. The van der Waals surface area contributed by atoms with Crippen LogP contribution in [0.3, 0.4) is 0 Å². The second kappa shape index (κ2) is 4.60. The molecular formula is C12H18BBrN2O2. The summed E-state index contributed by atoms with van der Waals surface area (Å²) in [4.78, 5) is 4.27. The first kappa shape index (κ1) is 14.0. The topological polar surface area (TPSA) is 57.4 Å². The van der Waals surface area contributed by atoms with Gasteiger partial charge in [0.25, 0.3) is 0 Å². The molecule has 0 bridgehead atoms. The van der Waals surface area contributed by atoms with E-state index in [1.807, 2.05) is 33.8 Å². The molecular weight excluding hydrogens is 295 g/mol. The Balaban J connectivity index is 2.34. The lowest BCUT2D eigenvalue weighted by Gasteiger charge is -2.32. The lowest BCUT2D eigenvalue weighted by molar-refractivity contribution is 0.00578. The predicted octanol–water partition coefficient (Wildman–Crippen LogP) is 1.60. The van der Waals surface area contributed by atoms with Gasteiger partial charge >= 0.3 is 7.12 Å². The summed E-state index contributed by atoms with van der Waals surface area (Å²) in [7, 11) is -0.414. The molecule has 1 aliphatic heterocycles. The van der Waals surface area contributed by atoms with E-state index in [0.29, 0.717) is 6.54 Å². The van der Waals surface area contributed by atoms with E-state index in [0.717, 1.165) is 15.6 Å². The molecule has 2 N–H and O–H groups in total. The van der Waals surface area contributed by atoms with Gasteiger partial charge in [0.1, 0.15) is 4.60 Å². The predicted molar refractivity (Wildman–Crippen MR) is 75.5 cm³/mol. The molecule has 2 heterocycles. The first-order chi connectivity index (χ1) is 8.27. The van der Waals surface area contributed by atoms with Crippen molar-refractivity contribution in [2.24, 2.45) is 5.73 Å². The Morgan fingerprint density at radius 2 is 1.83 bits per heavy atom. The minimum absolute atomic E-state index is 0.351. The zero-order valence-electron chi connectivity index (χ0n) is 11.2. The van der Waals surface area contributed by atoms with Gasteiger partial charge in [0.2, 0.25) is 0 Å². The highest BCUT2D eigenvalue weighted by atomic mass is 79.9. The van der Waals surface area contributed by atoms with Crippen LogP contribution in [0.15, 0.2) is 16.9 Å². The zero-order valence-corrected chi connectivity index (χ0v) is 12.7. The number of nitrogens with zero attached hydrogens (tertiary/aromatic N) is 1. The van der Waals surface area contributed by atoms with Crippen LogP contribution in [0.4, 0.5) is 0 Å². The molecule has 6 heteroatoms. The Morgan fingerprint density at radius 3 is 2.33 bits per heavy atom. The van der Waals surface area contributed by atoms with Crippen LogP contribution in [0.25, 0.3) is 0 Å². The maximum absolute atomic E-state index is 6.00. The second-order valence-electron chi connectivity index (χ2n) is 5.52. The highest BCUT2D eigenvalue weighted by Gasteiger charge is 2.52. The van der Waals surface area contributed by atoms with E-state index >= 15 is 0 Å². The van der Waals surface area contributed by atoms with Crippen molar-refractivity contribution >= 4 is 28.5 Å². The van der Waals surface area contributed by atoms with Gasteiger partial charge in [0.15, 0.2) is 0 Å². The van der Waals surface area contributed by atoms with Gasteiger partial charge in [-0.3, -0.25) is 0 Å². The van der Waals surface area contributed by atoms with Crippen molar-refractivity contribution in [3.05, 3.63) is 22.4 Å². The van der Waals surface area contributed by atoms with Crippen LogP contribution in [-0.4, -0.2) is 23.3 Å². The van der Waals surface area contributed by atoms with E-state index in [2.05, 4.69) is 20.9 Å². The van der Waals surface area contributed by atoms with Gasteiger partial charge in [0.05, 0.1) is 11.2 Å². The number of hydrogen-bond acceptors (Lipinski definition) is 4. The number of rotatable bonds is 2. The summed E-state index contributed by atoms with van der Waals surface area (Å²) < 4.78 is 12.7. The minimum Gasteiger partial charge on any atom is -0.399 e. The molecule has 0 atom stereocenters. The van der Waals surface area contributed by atoms with Gasteiger partial charge < -0.3 is 15.0 Å². The van der Waals surface area contributed by atoms with Crippen LogP contribution in [0, 0.1) is 0 Å². The monoisotopic (exact) mass is 312 g/mol. The quantitative estimate of drug-likeness (QED) is 0.666. The highest BCUT2D eigenvalue weighted by Crippen LogP contribution is 2.36. The molecule has 2 rings (SSSR count). The summed E-state index contributed by atoms with van der Waals surface area (Å²) >= 11 is 3.43. The molecule has 0 unspecified atom stereocenters. The van der Waals surface area contributed by atoms with Crippen LogP contribution >= 0.6 is 15.9 Å². The molecule has 1 aliphatic rings. The summed E-state index contributed by atoms with van der Waals surface area (Å²) in [5.74, 6) is 0. The Bertz CT molecular complexity index is 449. The van der Waals surface area contributed by atoms with Crippen LogP contribution in [0.2, 0.25) is 0 Å². The smallest absolute Gasteiger partial charge is 0.399 e. The number of nitrogens with two attached hydrogens (primary N) is 1. The van der Waals surface area contributed by atoms with E-state index < -0.39 is 7.12 Å². The SMILES string of the molecule is CC1(C)OB(c2cc(CN)cnc2Br)OC1(C)C. The molecule has 4 nitrogen and oxygen atoms in total. The van der Waals surface area contributed by atoms with Crippen LogP contribution < -0.4 is 11.2 Å². The molecule has 1 saturated heterocycles. The zero-order chi connectivity index (χ0) is 13.6. The van der Waals surface area contributed by atoms with Crippen molar-refractivity contribution in [2.45, 2.75) is 45.4 Å². The third-order valence-electron chi connectivity index (χ3n) is 3.67. The van der Waals surface area contributed by atoms with Crippen LogP contribution in [0.5, 0.6) is 0 Å². The van der Waals surface area contributed by atoms with Crippen molar-refractivity contribution in [3.63, 3.8) is 0 Å². The van der Waals surface area contributed by atoms with Crippen molar-refractivity contribution in [2.75, 3.05) is 0 Å². The summed E-state index contributed by atoms with van der Waals surface area (Å²) in [6.07, 6.45) is 1.75. The molecule has 0 aromatic carbocycles. The average Bonchev–Trinajstić information content (AvgIpc) is 2.48. The maximum Gasteiger partial charge on any atom is 0.497 e. The number of hydrogen-bond donors (Lipinski definition) is 1. The average molecular weight is 313 g/mol. The number of pyridine rings is 1. The van der Waals surface area contributed by atoms with Gasteiger partial charge in [0, 0.05) is 18.2 Å². The highest BCUT2D eigenvalue weighted by molar-refractivity contribution is 9.10. The lowest BCUT2D eigenvalue weighted by atomic mass is 9.80. The van der Waals surface area contributed by atoms with Gasteiger partial charge in [-0.25, -0.2) is 4.98 Å². The lowest BCUT2D eigenvalue weighted by Crippen LogP contribution is -2.41. The molecule has 1 aromatic heterocycles. The normalized spacial score (nSPS) is 21.3. The van der Waals surface area contributed by atoms with Crippen molar-refractivity contribution in [1.82, 2.24) is 4.98 Å². The van der Waals surface area contributed by atoms with E-state index in [1.165, 1.54) is 0 Å². The third kappa shape index (κ3) is 2.34. The first-order valence-corrected chi connectivity index (χ1v) is 6.76. The Labute approximate surface area is 117 Å². The fraction of sp³-hybridized carbons (Fsp3) is 0.583. The van der Waals surface area contributed by atoms with E-state index in [9.17, 15) is 0 Å². The van der Waals surface area contributed by atoms with Gasteiger partial charge in [-0.2, -0.15) is 0 Å². The largest absolute Gasteiger partial charge is 0.497 e. The Hall–Kier alpha value is -0.425. The molecule has 0 saturated carbocycles. The number of halogens is 1. The number of aromatic nitrogens is 1. The van der Waals surface area contributed by atoms with Gasteiger partial charge in [-0.15, -0.1) is 0 Å². The molecule has 0 spiro atoms. The fourth-order valence-corrected chi connectivity index (χ4v) is 2.16. The summed E-state index contributed by atoms with van der Waals surface area (Å²) in [6, 6.07) is 1.97. The van der Waals surface area contributed by atoms with Crippen LogP contribution in [0.1, 0.15) is 33.3 Å². The molecule has 1 fully saturated rings. The minimum atomic E-state index is -0.414. The summed E-state index contributed by atoms with van der Waals surface area (Å²) in [5, 5.41) is 0. The molecule has 0 aliphatic carbocycles. The standard InChI is InChI=1S/C12H18BBrN2O2/c1-11(2)12(3,4)18-13(17-11)9-5-8(6-15)7-16-10(9)14/h5,7H,6,15H2,1-4H3. The molecule has 0 radical (unpaired) electrons. The van der Waals surface area contributed by atoms with Gasteiger partial charge in [-0.1, -0.05) is 6.07 Å².